The topological polar surface area (TPSA) is 69.2 Å². The summed E-state index contributed by atoms with van der Waals surface area (Å²) in [4.78, 5) is 14.7. The molecule has 0 amide bonds. The van der Waals surface area contributed by atoms with Gasteiger partial charge in [0.05, 0.1) is 11.2 Å². The number of halogens is 1. The second-order valence-electron chi connectivity index (χ2n) is 5.82. The molecule has 0 spiro atoms. The first-order valence-corrected chi connectivity index (χ1v) is 7.84. The van der Waals surface area contributed by atoms with Gasteiger partial charge in [-0.25, -0.2) is 0 Å². The first-order chi connectivity index (χ1) is 12.2. The number of aromatic nitrogens is 1. The molecule has 130 valence electrons. The highest BCUT2D eigenvalue weighted by atomic mass is 35.5. The van der Waals surface area contributed by atoms with E-state index in [0.717, 1.165) is 39.6 Å². The van der Waals surface area contributed by atoms with E-state index < -0.39 is 0 Å². The van der Waals surface area contributed by atoms with Crippen molar-refractivity contribution in [1.29, 1.82) is 0 Å². The van der Waals surface area contributed by atoms with Gasteiger partial charge in [-0.05, 0) is 53.4 Å². The minimum absolute atomic E-state index is 0. The Morgan fingerprint density at radius 3 is 2.58 bits per heavy atom. The third-order valence-corrected chi connectivity index (χ3v) is 4.14. The van der Waals surface area contributed by atoms with E-state index in [-0.39, 0.29) is 23.0 Å². The van der Waals surface area contributed by atoms with Crippen molar-refractivity contribution in [1.82, 2.24) is 4.98 Å². The van der Waals surface area contributed by atoms with Crippen molar-refractivity contribution in [2.24, 2.45) is 0 Å². The van der Waals surface area contributed by atoms with Crippen molar-refractivity contribution in [3.63, 3.8) is 0 Å². The molecule has 0 saturated heterocycles. The third-order valence-electron chi connectivity index (χ3n) is 4.14. The van der Waals surface area contributed by atoms with E-state index in [0.29, 0.717) is 0 Å². The van der Waals surface area contributed by atoms with Crippen LogP contribution in [-0.4, -0.2) is 9.91 Å². The quantitative estimate of drug-likeness (QED) is 0.357. The standard InChI is InChI=1S/C20H14N2O3.ClH/c23-22(24)18-3-1-2-16(13-18)19-12-15(10-14-4-7-21-8-5-14)11-17-6-9-25-20(17)19;/h1-9,11-13H,10H2;1H. The highest BCUT2D eigenvalue weighted by Crippen LogP contribution is 2.33. The number of pyridine rings is 1. The molecule has 4 rings (SSSR count). The lowest BCUT2D eigenvalue weighted by atomic mass is 9.97. The minimum atomic E-state index is -0.385. The molecule has 0 bridgehead atoms. The highest BCUT2D eigenvalue weighted by Gasteiger charge is 2.13. The Bertz CT molecular complexity index is 1060. The van der Waals surface area contributed by atoms with Crippen LogP contribution < -0.4 is 0 Å². The van der Waals surface area contributed by atoms with Crippen LogP contribution in [0.15, 0.2) is 77.7 Å². The van der Waals surface area contributed by atoms with Gasteiger partial charge >= 0.3 is 0 Å². The molecule has 2 aromatic heterocycles. The van der Waals surface area contributed by atoms with Crippen LogP contribution in [0.1, 0.15) is 11.1 Å². The zero-order chi connectivity index (χ0) is 17.2. The number of fused-ring (bicyclic) bond motifs is 1. The number of rotatable bonds is 4. The molecule has 4 aromatic rings. The van der Waals surface area contributed by atoms with E-state index >= 15 is 0 Å². The molecule has 0 unspecified atom stereocenters. The van der Waals surface area contributed by atoms with Crippen LogP contribution in [0.5, 0.6) is 0 Å². The molecule has 2 aromatic carbocycles. The van der Waals surface area contributed by atoms with Crippen LogP contribution >= 0.6 is 12.4 Å². The molecule has 0 aliphatic heterocycles. The monoisotopic (exact) mass is 366 g/mol. The minimum Gasteiger partial charge on any atom is -0.464 e. The predicted molar refractivity (Wildman–Crippen MR) is 103 cm³/mol. The summed E-state index contributed by atoms with van der Waals surface area (Å²) in [6.07, 6.45) is 5.94. The molecular formula is C20H15ClN2O3. The van der Waals surface area contributed by atoms with Crippen LogP contribution in [-0.2, 0) is 6.42 Å². The fraction of sp³-hybridized carbons (Fsp3) is 0.0500. The Labute approximate surface area is 155 Å². The molecule has 0 aliphatic rings. The summed E-state index contributed by atoms with van der Waals surface area (Å²) < 4.78 is 5.63. The predicted octanol–water partition coefficient (Wildman–Crippen LogP) is 5.42. The number of benzene rings is 2. The summed E-state index contributed by atoms with van der Waals surface area (Å²) in [6.45, 7) is 0. The van der Waals surface area contributed by atoms with Crippen molar-refractivity contribution in [3.05, 3.63) is 94.5 Å². The lowest BCUT2D eigenvalue weighted by Crippen LogP contribution is -1.91. The summed E-state index contributed by atoms with van der Waals surface area (Å²) in [7, 11) is 0. The second kappa shape index (κ2) is 7.37. The summed E-state index contributed by atoms with van der Waals surface area (Å²) in [5.74, 6) is 0. The van der Waals surface area contributed by atoms with Crippen LogP contribution in [0.4, 0.5) is 5.69 Å². The van der Waals surface area contributed by atoms with Gasteiger partial charge in [0, 0.05) is 35.5 Å². The molecular weight excluding hydrogens is 352 g/mol. The number of hydrogen-bond donors (Lipinski definition) is 0. The van der Waals surface area contributed by atoms with E-state index in [1.807, 2.05) is 30.3 Å². The fourth-order valence-corrected chi connectivity index (χ4v) is 2.98. The molecule has 26 heavy (non-hydrogen) atoms. The fourth-order valence-electron chi connectivity index (χ4n) is 2.98. The largest absolute Gasteiger partial charge is 0.464 e. The van der Waals surface area contributed by atoms with Gasteiger partial charge in [0.15, 0.2) is 0 Å². The summed E-state index contributed by atoms with van der Waals surface area (Å²) in [6, 6.07) is 16.6. The molecule has 0 atom stereocenters. The molecule has 2 heterocycles. The zero-order valence-electron chi connectivity index (χ0n) is 13.7. The Kier molecular flexibility index (Phi) is 5.00. The molecule has 0 fully saturated rings. The van der Waals surface area contributed by atoms with Crippen molar-refractivity contribution in [2.45, 2.75) is 6.42 Å². The van der Waals surface area contributed by atoms with Crippen LogP contribution in [0.3, 0.4) is 0 Å². The van der Waals surface area contributed by atoms with Gasteiger partial charge in [-0.2, -0.15) is 0 Å². The van der Waals surface area contributed by atoms with Crippen molar-refractivity contribution in [3.8, 4) is 11.1 Å². The molecule has 0 radical (unpaired) electrons. The number of nitrogens with zero attached hydrogens (tertiary/aromatic N) is 2. The molecule has 0 aliphatic carbocycles. The van der Waals surface area contributed by atoms with Gasteiger partial charge in [-0.15, -0.1) is 12.4 Å². The molecule has 5 nitrogen and oxygen atoms in total. The van der Waals surface area contributed by atoms with Crippen molar-refractivity contribution < 1.29 is 9.34 Å². The summed E-state index contributed by atoms with van der Waals surface area (Å²) >= 11 is 0. The van der Waals surface area contributed by atoms with E-state index in [1.165, 1.54) is 6.07 Å². The van der Waals surface area contributed by atoms with Crippen molar-refractivity contribution in [2.75, 3.05) is 0 Å². The lowest BCUT2D eigenvalue weighted by Gasteiger charge is -2.08. The summed E-state index contributed by atoms with van der Waals surface area (Å²) in [5, 5.41) is 12.1. The highest BCUT2D eigenvalue weighted by molar-refractivity contribution is 5.93. The van der Waals surface area contributed by atoms with Crippen molar-refractivity contribution >= 4 is 29.1 Å². The Morgan fingerprint density at radius 1 is 1.00 bits per heavy atom. The maximum atomic E-state index is 11.1. The van der Waals surface area contributed by atoms with Gasteiger partial charge in [0.25, 0.3) is 5.69 Å². The SMILES string of the molecule is Cl.O=[N+]([O-])c1cccc(-c2cc(Cc3ccncc3)cc3ccoc23)c1. The number of furan rings is 1. The maximum Gasteiger partial charge on any atom is 0.270 e. The van der Waals surface area contributed by atoms with Gasteiger partial charge in [0.1, 0.15) is 5.58 Å². The number of nitro benzene ring substituents is 1. The number of hydrogen-bond acceptors (Lipinski definition) is 4. The Balaban J connectivity index is 0.00000196. The summed E-state index contributed by atoms with van der Waals surface area (Å²) in [5.41, 5.74) is 4.70. The first kappa shape index (κ1) is 17.6. The average Bonchev–Trinajstić information content (AvgIpc) is 3.10. The molecule has 6 heteroatoms. The van der Waals surface area contributed by atoms with E-state index in [4.69, 9.17) is 4.42 Å². The second-order valence-corrected chi connectivity index (χ2v) is 5.82. The zero-order valence-corrected chi connectivity index (χ0v) is 14.5. The van der Waals surface area contributed by atoms with E-state index in [1.54, 1.807) is 30.8 Å². The van der Waals surface area contributed by atoms with Crippen LogP contribution in [0.2, 0.25) is 0 Å². The molecule has 0 saturated carbocycles. The first-order valence-electron chi connectivity index (χ1n) is 7.84. The van der Waals surface area contributed by atoms with E-state index in [2.05, 4.69) is 11.1 Å². The van der Waals surface area contributed by atoms with Gasteiger partial charge in [-0.1, -0.05) is 12.1 Å². The normalized spacial score (nSPS) is 10.5. The van der Waals surface area contributed by atoms with Crippen LogP contribution in [0, 0.1) is 10.1 Å². The Morgan fingerprint density at radius 2 is 1.81 bits per heavy atom. The van der Waals surface area contributed by atoms with Gasteiger partial charge in [-0.3, -0.25) is 15.1 Å². The number of nitro groups is 1. The average molecular weight is 367 g/mol. The Hall–Kier alpha value is -3.18. The lowest BCUT2D eigenvalue weighted by molar-refractivity contribution is -0.384. The van der Waals surface area contributed by atoms with Gasteiger partial charge in [0.2, 0.25) is 0 Å². The third kappa shape index (κ3) is 3.43. The smallest absolute Gasteiger partial charge is 0.270 e. The van der Waals surface area contributed by atoms with E-state index in [9.17, 15) is 10.1 Å². The van der Waals surface area contributed by atoms with Crippen LogP contribution in [0.25, 0.3) is 22.1 Å². The maximum absolute atomic E-state index is 11.1. The van der Waals surface area contributed by atoms with Gasteiger partial charge < -0.3 is 4.42 Å². The number of non-ortho nitro benzene ring substituents is 1. The molecule has 0 N–H and O–H groups in total.